The third-order valence-corrected chi connectivity index (χ3v) is 7.49. The topological polar surface area (TPSA) is 92.3 Å². The van der Waals surface area contributed by atoms with E-state index in [1.165, 1.54) is 18.2 Å². The van der Waals surface area contributed by atoms with Crippen molar-refractivity contribution in [2.75, 3.05) is 6.54 Å². The summed E-state index contributed by atoms with van der Waals surface area (Å²) in [5.74, 6) is -2.15. The fourth-order valence-corrected chi connectivity index (χ4v) is 5.26. The van der Waals surface area contributed by atoms with Crippen molar-refractivity contribution in [3.05, 3.63) is 53.2 Å². The van der Waals surface area contributed by atoms with Gasteiger partial charge in [-0.2, -0.15) is 0 Å². The summed E-state index contributed by atoms with van der Waals surface area (Å²) in [7, 11) is -3.81. The second-order valence-electron chi connectivity index (χ2n) is 5.98. The maximum absolute atomic E-state index is 13.2. The van der Waals surface area contributed by atoms with Gasteiger partial charge in [-0.25, -0.2) is 12.8 Å². The Morgan fingerprint density at radius 1 is 1.15 bits per heavy atom. The minimum atomic E-state index is -3.81. The van der Waals surface area contributed by atoms with Gasteiger partial charge in [0.25, 0.3) is 0 Å². The highest BCUT2D eigenvalue weighted by Crippen LogP contribution is 2.31. The zero-order valence-corrected chi connectivity index (χ0v) is 15.3. The molecule has 2 N–H and O–H groups in total. The van der Waals surface area contributed by atoms with Crippen LogP contribution in [0, 0.1) is 5.82 Å². The van der Waals surface area contributed by atoms with Crippen molar-refractivity contribution >= 4 is 33.0 Å². The highest BCUT2D eigenvalue weighted by atomic mass is 32.2. The van der Waals surface area contributed by atoms with E-state index in [0.717, 1.165) is 36.3 Å². The number of hydrogen-bond donors (Lipinski definition) is 2. The Labute approximate surface area is 154 Å². The normalized spacial score (nSPS) is 15.3. The van der Waals surface area contributed by atoms with Crippen LogP contribution in [0.5, 0.6) is 0 Å². The Kier molecular flexibility index (Phi) is 5.38. The Morgan fingerprint density at radius 3 is 2.42 bits per heavy atom. The molecule has 6 nitrogen and oxygen atoms in total. The van der Waals surface area contributed by atoms with Crippen LogP contribution in [0.25, 0.3) is 0 Å². The number of rotatable bonds is 6. The summed E-state index contributed by atoms with van der Waals surface area (Å²) < 4.78 is 39.2. The van der Waals surface area contributed by atoms with Gasteiger partial charge >= 0.3 is 11.8 Å². The molecule has 0 saturated heterocycles. The van der Waals surface area contributed by atoms with Gasteiger partial charge in [0.2, 0.25) is 0 Å². The molecule has 1 fully saturated rings. The molecular formula is C17H17FN2O4S2. The van der Waals surface area contributed by atoms with Gasteiger partial charge in [0.1, 0.15) is 15.3 Å². The second-order valence-corrected chi connectivity index (χ2v) is 9.28. The number of sulfone groups is 1. The third kappa shape index (κ3) is 4.28. The smallest absolute Gasteiger partial charge is 0.309 e. The molecule has 1 aliphatic carbocycles. The molecule has 1 aromatic heterocycles. The Bertz CT molecular complexity index is 891. The lowest BCUT2D eigenvalue weighted by Gasteiger charge is -2.18. The van der Waals surface area contributed by atoms with Crippen LogP contribution in [0.4, 0.5) is 4.39 Å². The van der Waals surface area contributed by atoms with Gasteiger partial charge in [0, 0.05) is 12.6 Å². The van der Waals surface area contributed by atoms with E-state index in [1.54, 1.807) is 11.4 Å². The van der Waals surface area contributed by atoms with Crippen molar-refractivity contribution in [3.8, 4) is 0 Å². The molecule has 2 amide bonds. The van der Waals surface area contributed by atoms with E-state index in [9.17, 15) is 22.4 Å². The van der Waals surface area contributed by atoms with E-state index >= 15 is 0 Å². The minimum absolute atomic E-state index is 0.0241. The SMILES string of the molecule is O=C(NC[C@H](c1ccc(F)cc1)S(=O)(=O)c1cccs1)C(=O)NC1CC1. The molecule has 26 heavy (non-hydrogen) atoms. The maximum atomic E-state index is 13.2. The van der Waals surface area contributed by atoms with Crippen LogP contribution in [0.1, 0.15) is 23.7 Å². The van der Waals surface area contributed by atoms with Crippen molar-refractivity contribution < 1.29 is 22.4 Å². The highest BCUT2D eigenvalue weighted by molar-refractivity contribution is 7.93. The predicted molar refractivity (Wildman–Crippen MR) is 94.8 cm³/mol. The van der Waals surface area contributed by atoms with Crippen LogP contribution in [0.3, 0.4) is 0 Å². The summed E-state index contributed by atoms with van der Waals surface area (Å²) >= 11 is 1.06. The largest absolute Gasteiger partial charge is 0.346 e. The Balaban J connectivity index is 1.80. The van der Waals surface area contributed by atoms with E-state index in [2.05, 4.69) is 10.6 Å². The highest BCUT2D eigenvalue weighted by Gasteiger charge is 2.32. The molecule has 2 aromatic rings. The van der Waals surface area contributed by atoms with Crippen LogP contribution in [-0.4, -0.2) is 32.8 Å². The van der Waals surface area contributed by atoms with Crippen molar-refractivity contribution in [1.29, 1.82) is 0 Å². The van der Waals surface area contributed by atoms with Crippen LogP contribution in [0.15, 0.2) is 46.0 Å². The first-order chi connectivity index (χ1) is 12.4. The summed E-state index contributed by atoms with van der Waals surface area (Å²) in [5.41, 5.74) is 0.336. The van der Waals surface area contributed by atoms with Gasteiger partial charge in [-0.1, -0.05) is 18.2 Å². The van der Waals surface area contributed by atoms with Crippen molar-refractivity contribution in [2.45, 2.75) is 28.3 Å². The van der Waals surface area contributed by atoms with Crippen LogP contribution in [-0.2, 0) is 19.4 Å². The van der Waals surface area contributed by atoms with Crippen LogP contribution < -0.4 is 10.6 Å². The zero-order chi connectivity index (χ0) is 18.7. The molecule has 1 atom stereocenters. The average Bonchev–Trinajstić information content (AvgIpc) is 3.24. The summed E-state index contributed by atoms with van der Waals surface area (Å²) in [4.78, 5) is 23.7. The van der Waals surface area contributed by atoms with Gasteiger partial charge in [0.15, 0.2) is 9.84 Å². The first-order valence-corrected chi connectivity index (χ1v) is 10.4. The first kappa shape index (κ1) is 18.5. The van der Waals surface area contributed by atoms with Gasteiger partial charge in [-0.15, -0.1) is 11.3 Å². The average molecular weight is 396 g/mol. The number of carbonyl (C=O) groups is 2. The lowest BCUT2D eigenvalue weighted by molar-refractivity contribution is -0.139. The molecular weight excluding hydrogens is 379 g/mol. The molecule has 0 spiro atoms. The fraction of sp³-hybridized carbons (Fsp3) is 0.294. The fourth-order valence-electron chi connectivity index (χ4n) is 2.39. The first-order valence-electron chi connectivity index (χ1n) is 7.99. The second kappa shape index (κ2) is 7.55. The molecule has 138 valence electrons. The summed E-state index contributed by atoms with van der Waals surface area (Å²) in [6, 6.07) is 8.15. The Morgan fingerprint density at radius 2 is 1.85 bits per heavy atom. The molecule has 0 aliphatic heterocycles. The monoisotopic (exact) mass is 396 g/mol. The van der Waals surface area contributed by atoms with Gasteiger partial charge in [-0.05, 0) is 42.0 Å². The van der Waals surface area contributed by atoms with Crippen LogP contribution in [0.2, 0.25) is 0 Å². The number of carbonyl (C=O) groups excluding carboxylic acids is 2. The molecule has 1 aliphatic rings. The summed E-state index contributed by atoms with van der Waals surface area (Å²) in [5, 5.41) is 5.43. The maximum Gasteiger partial charge on any atom is 0.309 e. The lowest BCUT2D eigenvalue weighted by Crippen LogP contribution is -2.43. The zero-order valence-electron chi connectivity index (χ0n) is 13.6. The lowest BCUT2D eigenvalue weighted by atomic mass is 10.1. The molecule has 1 aromatic carbocycles. The summed E-state index contributed by atoms with van der Waals surface area (Å²) in [6.07, 6.45) is 1.67. The van der Waals surface area contributed by atoms with E-state index in [4.69, 9.17) is 0 Å². The van der Waals surface area contributed by atoms with Crippen molar-refractivity contribution in [2.24, 2.45) is 0 Å². The molecule has 3 rings (SSSR count). The predicted octanol–water partition coefficient (Wildman–Crippen LogP) is 1.80. The molecule has 1 saturated carbocycles. The third-order valence-electron chi connectivity index (χ3n) is 3.96. The van der Waals surface area contributed by atoms with E-state index in [1.807, 2.05) is 0 Å². The quantitative estimate of drug-likeness (QED) is 0.729. The number of halogens is 1. The van der Waals surface area contributed by atoms with Gasteiger partial charge in [-0.3, -0.25) is 9.59 Å². The molecule has 0 radical (unpaired) electrons. The van der Waals surface area contributed by atoms with Crippen molar-refractivity contribution in [3.63, 3.8) is 0 Å². The van der Waals surface area contributed by atoms with Gasteiger partial charge in [0.05, 0.1) is 0 Å². The molecule has 0 unspecified atom stereocenters. The molecule has 0 bridgehead atoms. The number of nitrogens with one attached hydrogen (secondary N) is 2. The minimum Gasteiger partial charge on any atom is -0.346 e. The van der Waals surface area contributed by atoms with E-state index in [-0.39, 0.29) is 16.8 Å². The number of amides is 2. The molecule has 1 heterocycles. The van der Waals surface area contributed by atoms with E-state index in [0.29, 0.717) is 5.56 Å². The van der Waals surface area contributed by atoms with E-state index < -0.39 is 32.7 Å². The number of thiophene rings is 1. The Hall–Kier alpha value is -2.26. The number of hydrogen-bond acceptors (Lipinski definition) is 5. The number of benzene rings is 1. The molecule has 9 heteroatoms. The van der Waals surface area contributed by atoms with Crippen molar-refractivity contribution in [1.82, 2.24) is 10.6 Å². The summed E-state index contributed by atoms with van der Waals surface area (Å²) in [6.45, 7) is -0.289. The standard InChI is InChI=1S/C17H17FN2O4S2/c18-12-5-3-11(4-6-12)14(26(23,24)15-2-1-9-25-15)10-19-16(21)17(22)20-13-7-8-13/h1-6,9,13-14H,7-8,10H2,(H,19,21)(H,20,22)/t14-/m1/s1. The van der Waals surface area contributed by atoms with Crippen LogP contribution >= 0.6 is 11.3 Å². The van der Waals surface area contributed by atoms with Gasteiger partial charge < -0.3 is 10.6 Å².